The zero-order valence-corrected chi connectivity index (χ0v) is 20.6. The van der Waals surface area contributed by atoms with Crippen LogP contribution in [0.2, 0.25) is 0 Å². The third kappa shape index (κ3) is 4.69. The summed E-state index contributed by atoms with van der Waals surface area (Å²) >= 11 is 0. The molecule has 1 saturated carbocycles. The second kappa shape index (κ2) is 9.97. The molecule has 0 radical (unpaired) electrons. The maximum Gasteiger partial charge on any atom is 0.358 e. The number of nitrogens with one attached hydrogen (secondary N) is 1. The highest BCUT2D eigenvalue weighted by atomic mass is 16.5. The number of hydrogen-bond acceptors (Lipinski definition) is 7. The molecule has 188 valence electrons. The van der Waals surface area contributed by atoms with E-state index in [1.54, 1.807) is 25.1 Å². The molecule has 1 aromatic carbocycles. The number of carbonyl (C=O) groups excluding carboxylic acids is 3. The lowest BCUT2D eigenvalue weighted by Crippen LogP contribution is -2.65. The third-order valence-corrected chi connectivity index (χ3v) is 6.82. The van der Waals surface area contributed by atoms with E-state index in [9.17, 15) is 14.4 Å². The second-order valence-corrected chi connectivity index (χ2v) is 9.21. The summed E-state index contributed by atoms with van der Waals surface area (Å²) in [6.07, 6.45) is 6.24. The summed E-state index contributed by atoms with van der Waals surface area (Å²) in [6, 6.07) is 6.50. The Kier molecular flexibility index (Phi) is 7.00. The molecule has 2 aromatic rings. The van der Waals surface area contributed by atoms with Gasteiger partial charge >= 0.3 is 5.97 Å². The average molecular weight is 485 g/mol. The van der Waals surface area contributed by atoms with Crippen LogP contribution in [0.4, 0.5) is 5.69 Å². The van der Waals surface area contributed by atoms with Gasteiger partial charge in [-0.15, -0.1) is 0 Å². The largest absolute Gasteiger partial charge is 0.497 e. The van der Waals surface area contributed by atoms with E-state index in [2.05, 4.69) is 10.4 Å². The van der Waals surface area contributed by atoms with E-state index in [0.29, 0.717) is 17.2 Å². The second-order valence-electron chi connectivity index (χ2n) is 9.21. The average Bonchev–Trinajstić information content (AvgIpc) is 3.11. The highest BCUT2D eigenvalue weighted by molar-refractivity contribution is 6.12. The van der Waals surface area contributed by atoms with Crippen molar-refractivity contribution in [3.8, 4) is 11.5 Å². The summed E-state index contributed by atoms with van der Waals surface area (Å²) < 4.78 is 17.0. The van der Waals surface area contributed by atoms with Crippen molar-refractivity contribution < 1.29 is 28.6 Å². The molecule has 2 amide bonds. The Labute approximate surface area is 204 Å². The van der Waals surface area contributed by atoms with Crippen molar-refractivity contribution in [2.45, 2.75) is 63.6 Å². The summed E-state index contributed by atoms with van der Waals surface area (Å²) in [5.41, 5.74) is -0.691. The molecular weight excluding hydrogens is 452 g/mol. The third-order valence-electron chi connectivity index (χ3n) is 6.82. The Morgan fingerprint density at radius 3 is 2.20 bits per heavy atom. The molecule has 2 heterocycles. The molecule has 1 aliphatic heterocycles. The highest BCUT2D eigenvalue weighted by Crippen LogP contribution is 2.37. The van der Waals surface area contributed by atoms with Crippen molar-refractivity contribution >= 4 is 23.5 Å². The number of rotatable bonds is 6. The maximum atomic E-state index is 13.9. The predicted molar refractivity (Wildman–Crippen MR) is 128 cm³/mol. The minimum absolute atomic E-state index is 0.00690. The fourth-order valence-electron chi connectivity index (χ4n) is 4.88. The topological polar surface area (TPSA) is 112 Å². The van der Waals surface area contributed by atoms with Gasteiger partial charge in [0.1, 0.15) is 22.7 Å². The van der Waals surface area contributed by atoms with Crippen molar-refractivity contribution in [1.82, 2.24) is 15.1 Å². The van der Waals surface area contributed by atoms with E-state index in [0.717, 1.165) is 38.5 Å². The van der Waals surface area contributed by atoms with Crippen LogP contribution < -0.4 is 19.7 Å². The van der Waals surface area contributed by atoms with E-state index in [1.165, 1.54) is 37.0 Å². The molecule has 1 atom stereocenters. The first kappa shape index (κ1) is 24.6. The molecule has 1 aromatic heterocycles. The number of carbonyl (C=O) groups is 3. The van der Waals surface area contributed by atoms with E-state index in [1.807, 2.05) is 0 Å². The number of benzene rings is 1. The van der Waals surface area contributed by atoms with E-state index < -0.39 is 17.4 Å². The number of nitrogens with zero attached hydrogens (tertiary/aromatic N) is 3. The van der Waals surface area contributed by atoms with Gasteiger partial charge in [0.15, 0.2) is 5.69 Å². The molecular formula is C25H32N4O6. The number of hydrogen-bond donors (Lipinski definition) is 1. The summed E-state index contributed by atoms with van der Waals surface area (Å²) in [5, 5.41) is 7.46. The molecule has 0 spiro atoms. The number of fused-ring (bicyclic) bond motifs is 1. The number of methoxy groups -OCH3 is 3. The lowest BCUT2D eigenvalue weighted by Gasteiger charge is -2.43. The van der Waals surface area contributed by atoms with Gasteiger partial charge in [0.2, 0.25) is 5.91 Å². The van der Waals surface area contributed by atoms with Crippen molar-refractivity contribution in [2.24, 2.45) is 0 Å². The zero-order valence-electron chi connectivity index (χ0n) is 20.6. The van der Waals surface area contributed by atoms with Gasteiger partial charge in [-0.25, -0.2) is 4.79 Å². The first-order valence-electron chi connectivity index (χ1n) is 11.9. The van der Waals surface area contributed by atoms with Gasteiger partial charge in [0, 0.05) is 30.3 Å². The maximum absolute atomic E-state index is 13.9. The summed E-state index contributed by atoms with van der Waals surface area (Å²) in [7, 11) is 4.29. The van der Waals surface area contributed by atoms with Crippen LogP contribution in [-0.4, -0.2) is 60.5 Å². The Morgan fingerprint density at radius 1 is 1.00 bits per heavy atom. The Morgan fingerprint density at radius 2 is 1.63 bits per heavy atom. The standard InChI is InChI=1S/C25H32N4O6/c1-25(24(32)26-16-9-7-5-6-8-10-16)15-28-21(14-20(27-28)23(31)35-4)22(30)29(25)17-11-18(33-2)13-19(12-17)34-3/h11-14,16H,5-10,15H2,1-4H3,(H,26,32). The van der Waals surface area contributed by atoms with Crippen molar-refractivity contribution in [3.05, 3.63) is 35.7 Å². The zero-order chi connectivity index (χ0) is 25.2. The molecule has 0 saturated heterocycles. The van der Waals surface area contributed by atoms with E-state index in [4.69, 9.17) is 14.2 Å². The molecule has 1 fully saturated rings. The SMILES string of the molecule is COC(=O)c1cc2n(n1)CC(C)(C(=O)NC1CCCCCC1)N(c1cc(OC)cc(OC)c1)C2=O. The number of aromatic nitrogens is 2. The predicted octanol–water partition coefficient (Wildman–Crippen LogP) is 2.95. The summed E-state index contributed by atoms with van der Waals surface area (Å²) in [6.45, 7) is 1.77. The van der Waals surface area contributed by atoms with Crippen LogP contribution in [0.1, 0.15) is 66.4 Å². The Balaban J connectivity index is 1.79. The van der Waals surface area contributed by atoms with Gasteiger partial charge < -0.3 is 19.5 Å². The Hall–Kier alpha value is -3.56. The molecule has 1 N–H and O–H groups in total. The molecule has 10 heteroatoms. The molecule has 1 aliphatic carbocycles. The molecule has 10 nitrogen and oxygen atoms in total. The van der Waals surface area contributed by atoms with Crippen LogP contribution in [0.15, 0.2) is 24.3 Å². The number of ether oxygens (including phenoxy) is 3. The number of esters is 1. The van der Waals surface area contributed by atoms with E-state index in [-0.39, 0.29) is 29.9 Å². The van der Waals surface area contributed by atoms with Crippen molar-refractivity contribution in [1.29, 1.82) is 0 Å². The fourth-order valence-corrected chi connectivity index (χ4v) is 4.88. The van der Waals surface area contributed by atoms with Gasteiger partial charge in [0.25, 0.3) is 5.91 Å². The highest BCUT2D eigenvalue weighted by Gasteiger charge is 2.49. The van der Waals surface area contributed by atoms with Crippen molar-refractivity contribution in [3.63, 3.8) is 0 Å². The minimum Gasteiger partial charge on any atom is -0.497 e. The monoisotopic (exact) mass is 484 g/mol. The molecule has 2 aliphatic rings. The van der Waals surface area contributed by atoms with Crippen LogP contribution in [0, 0.1) is 0 Å². The Bertz CT molecular complexity index is 1100. The first-order valence-corrected chi connectivity index (χ1v) is 11.9. The lowest BCUT2D eigenvalue weighted by atomic mass is 9.93. The van der Waals surface area contributed by atoms with E-state index >= 15 is 0 Å². The lowest BCUT2D eigenvalue weighted by molar-refractivity contribution is -0.127. The van der Waals surface area contributed by atoms with Gasteiger partial charge in [-0.05, 0) is 19.8 Å². The minimum atomic E-state index is -1.33. The van der Waals surface area contributed by atoms with Crippen LogP contribution in [0.3, 0.4) is 0 Å². The van der Waals surface area contributed by atoms with Crippen LogP contribution in [-0.2, 0) is 16.1 Å². The van der Waals surface area contributed by atoms with Gasteiger partial charge in [-0.2, -0.15) is 5.10 Å². The van der Waals surface area contributed by atoms with Gasteiger partial charge in [-0.3, -0.25) is 19.2 Å². The first-order chi connectivity index (χ1) is 16.8. The van der Waals surface area contributed by atoms with Crippen LogP contribution in [0.5, 0.6) is 11.5 Å². The molecule has 0 bridgehead atoms. The van der Waals surface area contributed by atoms with Crippen molar-refractivity contribution in [2.75, 3.05) is 26.2 Å². The summed E-state index contributed by atoms with van der Waals surface area (Å²) in [4.78, 5) is 41.3. The summed E-state index contributed by atoms with van der Waals surface area (Å²) in [5.74, 6) is -0.437. The molecule has 1 unspecified atom stereocenters. The smallest absolute Gasteiger partial charge is 0.358 e. The quantitative estimate of drug-likeness (QED) is 0.496. The molecule has 35 heavy (non-hydrogen) atoms. The molecule has 4 rings (SSSR count). The van der Waals surface area contributed by atoms with Crippen LogP contribution in [0.25, 0.3) is 0 Å². The fraction of sp³-hybridized carbons (Fsp3) is 0.520. The number of anilines is 1. The van der Waals surface area contributed by atoms with Crippen LogP contribution >= 0.6 is 0 Å². The van der Waals surface area contributed by atoms with Gasteiger partial charge in [-0.1, -0.05) is 25.7 Å². The normalized spacial score (nSPS) is 20.6. The van der Waals surface area contributed by atoms with Gasteiger partial charge in [0.05, 0.1) is 33.6 Å². The number of amides is 2.